The molecule has 1 fully saturated rings. The highest BCUT2D eigenvalue weighted by atomic mass is 16.2. The lowest BCUT2D eigenvalue weighted by Gasteiger charge is -2.22. The lowest BCUT2D eigenvalue weighted by Crippen LogP contribution is -2.52. The van der Waals surface area contributed by atoms with Gasteiger partial charge in [-0.1, -0.05) is 25.0 Å². The average molecular weight is 286 g/mol. The Hall–Kier alpha value is -1.88. The number of carbonyl (C=O) groups excluding carboxylic acids is 1. The van der Waals surface area contributed by atoms with E-state index in [1.54, 1.807) is 0 Å². The fourth-order valence-corrected chi connectivity index (χ4v) is 3.05. The van der Waals surface area contributed by atoms with Crippen LogP contribution in [-0.4, -0.2) is 27.5 Å². The van der Waals surface area contributed by atoms with Gasteiger partial charge in [-0.3, -0.25) is 4.79 Å². The molecule has 1 heterocycles. The number of para-hydroxylation sites is 2. The van der Waals surface area contributed by atoms with Crippen molar-refractivity contribution < 1.29 is 4.79 Å². The average Bonchev–Trinajstić information content (AvgIpc) is 3.11. The second kappa shape index (κ2) is 5.85. The Balaban J connectivity index is 1.49. The molecule has 0 spiro atoms. The van der Waals surface area contributed by atoms with E-state index in [0.717, 1.165) is 49.7 Å². The molecular formula is C16H22N4O. The van der Waals surface area contributed by atoms with Gasteiger partial charge in [0.05, 0.1) is 22.9 Å². The number of rotatable bonds is 5. The molecule has 3 N–H and O–H groups in total. The third-order valence-electron chi connectivity index (χ3n) is 4.34. The van der Waals surface area contributed by atoms with Crippen molar-refractivity contribution >= 4 is 16.9 Å². The summed E-state index contributed by atoms with van der Waals surface area (Å²) in [5.41, 5.74) is 7.65. The van der Waals surface area contributed by atoms with E-state index in [-0.39, 0.29) is 5.91 Å². The Morgan fingerprint density at radius 2 is 2.10 bits per heavy atom. The third kappa shape index (κ3) is 2.93. The standard InChI is InChI=1S/C16H22N4O/c17-16(8-3-4-9-16)15(21)18-10-5-11-20-12-19-13-6-1-2-7-14(13)20/h1-2,6-7,12H,3-5,8-11,17H2,(H,18,21). The molecule has 0 saturated heterocycles. The molecule has 0 aliphatic heterocycles. The minimum atomic E-state index is -0.623. The number of nitrogens with zero attached hydrogens (tertiary/aromatic N) is 2. The summed E-state index contributed by atoms with van der Waals surface area (Å²) in [5.74, 6) is 0.00971. The van der Waals surface area contributed by atoms with E-state index in [9.17, 15) is 4.79 Å². The molecule has 3 rings (SSSR count). The molecule has 0 radical (unpaired) electrons. The number of carbonyl (C=O) groups is 1. The lowest BCUT2D eigenvalue weighted by molar-refractivity contribution is -0.126. The highest BCUT2D eigenvalue weighted by molar-refractivity contribution is 5.86. The quantitative estimate of drug-likeness (QED) is 0.823. The van der Waals surface area contributed by atoms with Crippen LogP contribution in [0.2, 0.25) is 0 Å². The Morgan fingerprint density at radius 3 is 2.90 bits per heavy atom. The largest absolute Gasteiger partial charge is 0.354 e. The second-order valence-electron chi connectivity index (χ2n) is 5.90. The summed E-state index contributed by atoms with van der Waals surface area (Å²) in [6, 6.07) is 8.07. The first kappa shape index (κ1) is 14.1. The van der Waals surface area contributed by atoms with Crippen molar-refractivity contribution in [3.63, 3.8) is 0 Å². The van der Waals surface area contributed by atoms with Crippen molar-refractivity contribution in [2.24, 2.45) is 5.73 Å². The molecule has 5 nitrogen and oxygen atoms in total. The van der Waals surface area contributed by atoms with Gasteiger partial charge in [0.15, 0.2) is 0 Å². The van der Waals surface area contributed by atoms with E-state index < -0.39 is 5.54 Å². The Morgan fingerprint density at radius 1 is 1.33 bits per heavy atom. The zero-order valence-corrected chi connectivity index (χ0v) is 12.2. The summed E-state index contributed by atoms with van der Waals surface area (Å²) in [5, 5.41) is 2.98. The zero-order valence-electron chi connectivity index (χ0n) is 12.2. The van der Waals surface area contributed by atoms with E-state index in [1.165, 1.54) is 0 Å². The molecule has 0 bridgehead atoms. The van der Waals surface area contributed by atoms with E-state index in [4.69, 9.17) is 5.73 Å². The van der Waals surface area contributed by atoms with E-state index in [1.807, 2.05) is 24.5 Å². The molecule has 0 unspecified atom stereocenters. The van der Waals surface area contributed by atoms with Crippen LogP contribution in [0.5, 0.6) is 0 Å². The minimum Gasteiger partial charge on any atom is -0.354 e. The topological polar surface area (TPSA) is 72.9 Å². The molecule has 1 aliphatic carbocycles. The number of hydrogen-bond donors (Lipinski definition) is 2. The number of nitrogens with one attached hydrogen (secondary N) is 1. The van der Waals surface area contributed by atoms with Gasteiger partial charge >= 0.3 is 0 Å². The number of amides is 1. The first-order valence-corrected chi connectivity index (χ1v) is 7.66. The molecule has 1 aromatic heterocycles. The van der Waals surface area contributed by atoms with Crippen LogP contribution in [0.4, 0.5) is 0 Å². The number of benzene rings is 1. The third-order valence-corrected chi connectivity index (χ3v) is 4.34. The zero-order chi connectivity index (χ0) is 14.7. The van der Waals surface area contributed by atoms with Gasteiger partial charge in [0.2, 0.25) is 5.91 Å². The molecule has 1 aromatic carbocycles. The van der Waals surface area contributed by atoms with Crippen LogP contribution in [0.15, 0.2) is 30.6 Å². The smallest absolute Gasteiger partial charge is 0.240 e. The summed E-state index contributed by atoms with van der Waals surface area (Å²) >= 11 is 0. The Bertz CT molecular complexity index is 628. The van der Waals surface area contributed by atoms with E-state index in [0.29, 0.717) is 6.54 Å². The van der Waals surface area contributed by atoms with Gasteiger partial charge < -0.3 is 15.6 Å². The normalized spacial score (nSPS) is 17.2. The molecule has 1 saturated carbocycles. The fourth-order valence-electron chi connectivity index (χ4n) is 3.05. The van der Waals surface area contributed by atoms with Gasteiger partial charge in [-0.2, -0.15) is 0 Å². The van der Waals surface area contributed by atoms with E-state index in [2.05, 4.69) is 20.9 Å². The highest BCUT2D eigenvalue weighted by Gasteiger charge is 2.36. The maximum atomic E-state index is 12.1. The fraction of sp³-hybridized carbons (Fsp3) is 0.500. The van der Waals surface area contributed by atoms with Crippen LogP contribution in [0, 0.1) is 0 Å². The maximum absolute atomic E-state index is 12.1. The van der Waals surface area contributed by atoms with Crippen molar-refractivity contribution in [3.8, 4) is 0 Å². The Labute approximate surface area is 124 Å². The van der Waals surface area contributed by atoms with Crippen molar-refractivity contribution in [1.82, 2.24) is 14.9 Å². The predicted octanol–water partition coefficient (Wildman–Crippen LogP) is 1.81. The van der Waals surface area contributed by atoms with Crippen molar-refractivity contribution in [3.05, 3.63) is 30.6 Å². The van der Waals surface area contributed by atoms with Crippen molar-refractivity contribution in [2.75, 3.05) is 6.54 Å². The van der Waals surface area contributed by atoms with Crippen molar-refractivity contribution in [2.45, 2.75) is 44.2 Å². The number of aryl methyl sites for hydroxylation is 1. The summed E-state index contributed by atoms with van der Waals surface area (Å²) in [7, 11) is 0. The highest BCUT2D eigenvalue weighted by Crippen LogP contribution is 2.27. The molecule has 1 aliphatic rings. The number of hydrogen-bond acceptors (Lipinski definition) is 3. The van der Waals surface area contributed by atoms with Crippen molar-refractivity contribution in [1.29, 1.82) is 0 Å². The Kier molecular flexibility index (Phi) is 3.92. The van der Waals surface area contributed by atoms with Crippen LogP contribution in [0.1, 0.15) is 32.1 Å². The molecule has 112 valence electrons. The van der Waals surface area contributed by atoms with Gasteiger partial charge in [0.25, 0.3) is 0 Å². The summed E-state index contributed by atoms with van der Waals surface area (Å²) < 4.78 is 2.12. The second-order valence-corrected chi connectivity index (χ2v) is 5.90. The van der Waals surface area contributed by atoms with Gasteiger partial charge in [-0.05, 0) is 31.4 Å². The predicted molar refractivity (Wildman–Crippen MR) is 82.7 cm³/mol. The minimum absolute atomic E-state index is 0.00971. The monoisotopic (exact) mass is 286 g/mol. The van der Waals surface area contributed by atoms with Gasteiger partial charge in [-0.15, -0.1) is 0 Å². The SMILES string of the molecule is NC1(C(=O)NCCCn2cnc3ccccc32)CCCC1. The van der Waals surface area contributed by atoms with Crippen LogP contribution in [-0.2, 0) is 11.3 Å². The molecule has 1 amide bonds. The molecular weight excluding hydrogens is 264 g/mol. The van der Waals surface area contributed by atoms with Crippen LogP contribution in [0.3, 0.4) is 0 Å². The molecule has 5 heteroatoms. The number of nitrogens with two attached hydrogens (primary N) is 1. The van der Waals surface area contributed by atoms with Crippen LogP contribution in [0.25, 0.3) is 11.0 Å². The lowest BCUT2D eigenvalue weighted by atomic mass is 9.98. The van der Waals surface area contributed by atoms with Gasteiger partial charge in [0, 0.05) is 13.1 Å². The number of fused-ring (bicyclic) bond motifs is 1. The first-order valence-electron chi connectivity index (χ1n) is 7.66. The summed E-state index contributed by atoms with van der Waals surface area (Å²) in [6.07, 6.45) is 6.47. The van der Waals surface area contributed by atoms with Crippen LogP contribution >= 0.6 is 0 Å². The molecule has 21 heavy (non-hydrogen) atoms. The van der Waals surface area contributed by atoms with Crippen LogP contribution < -0.4 is 11.1 Å². The first-order chi connectivity index (χ1) is 10.2. The summed E-state index contributed by atoms with van der Waals surface area (Å²) in [6.45, 7) is 1.50. The number of imidazole rings is 1. The summed E-state index contributed by atoms with van der Waals surface area (Å²) in [4.78, 5) is 16.4. The van der Waals surface area contributed by atoms with E-state index >= 15 is 0 Å². The maximum Gasteiger partial charge on any atom is 0.240 e. The molecule has 0 atom stereocenters. The van der Waals surface area contributed by atoms with Gasteiger partial charge in [-0.25, -0.2) is 4.98 Å². The van der Waals surface area contributed by atoms with Gasteiger partial charge in [0.1, 0.15) is 0 Å². The number of aromatic nitrogens is 2. The molecule has 2 aromatic rings.